The third-order valence-electron chi connectivity index (χ3n) is 5.20. The minimum atomic E-state index is 0.0504. The van der Waals surface area contributed by atoms with Crippen molar-refractivity contribution in [1.82, 2.24) is 20.4 Å². The SMILES string of the molecule is CN=C(NCCC(=O)NCc1ccccc1)N1CCC(N2CCOCC2)C1. The van der Waals surface area contributed by atoms with Gasteiger partial charge in [-0.05, 0) is 12.0 Å². The molecule has 7 heteroatoms. The van der Waals surface area contributed by atoms with Crippen molar-refractivity contribution in [3.05, 3.63) is 35.9 Å². The first-order chi connectivity index (χ1) is 13.3. The second kappa shape index (κ2) is 10.3. The molecule has 2 heterocycles. The molecule has 0 aromatic heterocycles. The average molecular weight is 374 g/mol. The van der Waals surface area contributed by atoms with E-state index in [1.165, 1.54) is 0 Å². The lowest BCUT2D eigenvalue weighted by atomic mass is 10.2. The number of guanidine groups is 1. The number of morpholine rings is 1. The van der Waals surface area contributed by atoms with Gasteiger partial charge in [0, 0.05) is 58.8 Å². The van der Waals surface area contributed by atoms with Gasteiger partial charge in [0.2, 0.25) is 5.91 Å². The molecular formula is C20H31N5O2. The van der Waals surface area contributed by atoms with Crippen LogP contribution in [-0.4, -0.2) is 80.7 Å². The molecule has 1 aromatic rings. The molecule has 3 rings (SSSR count). The smallest absolute Gasteiger partial charge is 0.222 e. The van der Waals surface area contributed by atoms with Gasteiger partial charge in [-0.15, -0.1) is 0 Å². The summed E-state index contributed by atoms with van der Waals surface area (Å²) in [6.45, 7) is 6.86. The van der Waals surface area contributed by atoms with Crippen LogP contribution in [0.1, 0.15) is 18.4 Å². The first kappa shape index (κ1) is 19.6. The Kier molecular flexibility index (Phi) is 7.47. The van der Waals surface area contributed by atoms with Crippen LogP contribution < -0.4 is 10.6 Å². The molecule has 27 heavy (non-hydrogen) atoms. The summed E-state index contributed by atoms with van der Waals surface area (Å²) >= 11 is 0. The second-order valence-corrected chi connectivity index (χ2v) is 7.02. The highest BCUT2D eigenvalue weighted by Gasteiger charge is 2.30. The minimum absolute atomic E-state index is 0.0504. The molecular weight excluding hydrogens is 342 g/mol. The Morgan fingerprint density at radius 3 is 2.70 bits per heavy atom. The van der Waals surface area contributed by atoms with Crippen LogP contribution in [0, 0.1) is 0 Å². The van der Waals surface area contributed by atoms with E-state index in [9.17, 15) is 4.79 Å². The van der Waals surface area contributed by atoms with Crippen LogP contribution >= 0.6 is 0 Å². The van der Waals surface area contributed by atoms with Crippen LogP contribution in [0.2, 0.25) is 0 Å². The number of carbonyl (C=O) groups excluding carboxylic acids is 1. The summed E-state index contributed by atoms with van der Waals surface area (Å²) < 4.78 is 5.45. The van der Waals surface area contributed by atoms with Crippen molar-refractivity contribution >= 4 is 11.9 Å². The van der Waals surface area contributed by atoms with E-state index in [1.807, 2.05) is 30.3 Å². The van der Waals surface area contributed by atoms with Crippen LogP contribution in [-0.2, 0) is 16.1 Å². The number of aliphatic imine (C=N–C) groups is 1. The van der Waals surface area contributed by atoms with Crippen LogP contribution in [0.4, 0.5) is 0 Å². The minimum Gasteiger partial charge on any atom is -0.379 e. The molecule has 2 saturated heterocycles. The Hall–Kier alpha value is -2.12. The zero-order valence-electron chi connectivity index (χ0n) is 16.2. The van der Waals surface area contributed by atoms with Gasteiger partial charge in [0.1, 0.15) is 0 Å². The molecule has 0 spiro atoms. The van der Waals surface area contributed by atoms with E-state index in [0.717, 1.165) is 57.3 Å². The van der Waals surface area contributed by atoms with Gasteiger partial charge in [-0.1, -0.05) is 30.3 Å². The first-order valence-electron chi connectivity index (χ1n) is 9.84. The van der Waals surface area contributed by atoms with Crippen LogP contribution in [0.5, 0.6) is 0 Å². The summed E-state index contributed by atoms with van der Waals surface area (Å²) in [5.41, 5.74) is 1.11. The number of hydrogen-bond acceptors (Lipinski definition) is 4. The molecule has 148 valence electrons. The number of benzene rings is 1. The molecule has 0 aliphatic carbocycles. The highest BCUT2D eigenvalue weighted by atomic mass is 16.5. The number of amides is 1. The predicted molar refractivity (Wildman–Crippen MR) is 107 cm³/mol. The zero-order valence-corrected chi connectivity index (χ0v) is 16.2. The van der Waals surface area contributed by atoms with Gasteiger partial charge in [-0.25, -0.2) is 0 Å². The summed E-state index contributed by atoms with van der Waals surface area (Å²) in [7, 11) is 1.81. The van der Waals surface area contributed by atoms with E-state index in [-0.39, 0.29) is 5.91 Å². The summed E-state index contributed by atoms with van der Waals surface area (Å²) in [6.07, 6.45) is 1.59. The van der Waals surface area contributed by atoms with Crippen LogP contribution in [0.3, 0.4) is 0 Å². The fraction of sp³-hybridized carbons (Fsp3) is 0.600. The number of ether oxygens (including phenoxy) is 1. The second-order valence-electron chi connectivity index (χ2n) is 7.02. The highest BCUT2D eigenvalue weighted by molar-refractivity contribution is 5.81. The van der Waals surface area contributed by atoms with Crippen LogP contribution in [0.25, 0.3) is 0 Å². The standard InChI is InChI=1S/C20H31N5O2/c1-21-20(25-10-8-18(16-25)24-11-13-27-14-12-24)22-9-7-19(26)23-15-17-5-3-2-4-6-17/h2-6,18H,7-16H2,1H3,(H,21,22)(H,23,26). The van der Waals surface area contributed by atoms with E-state index >= 15 is 0 Å². The summed E-state index contributed by atoms with van der Waals surface area (Å²) in [4.78, 5) is 21.3. The number of carbonyl (C=O) groups is 1. The van der Waals surface area contributed by atoms with Gasteiger partial charge in [-0.3, -0.25) is 14.7 Å². The largest absolute Gasteiger partial charge is 0.379 e. The van der Waals surface area contributed by atoms with Crippen molar-refractivity contribution < 1.29 is 9.53 Å². The van der Waals surface area contributed by atoms with Crippen molar-refractivity contribution in [1.29, 1.82) is 0 Å². The Morgan fingerprint density at radius 2 is 1.96 bits per heavy atom. The monoisotopic (exact) mass is 373 g/mol. The fourth-order valence-electron chi connectivity index (χ4n) is 3.68. The maximum atomic E-state index is 12.0. The molecule has 0 radical (unpaired) electrons. The maximum absolute atomic E-state index is 12.0. The van der Waals surface area contributed by atoms with E-state index < -0.39 is 0 Å². The van der Waals surface area contributed by atoms with E-state index in [4.69, 9.17) is 4.74 Å². The molecule has 0 bridgehead atoms. The number of rotatable bonds is 6. The molecule has 2 aliphatic heterocycles. The van der Waals surface area contributed by atoms with E-state index in [0.29, 0.717) is 25.6 Å². The summed E-state index contributed by atoms with van der Waals surface area (Å²) in [5.74, 6) is 0.941. The molecule has 1 amide bonds. The van der Waals surface area contributed by atoms with Gasteiger partial charge in [0.25, 0.3) is 0 Å². The van der Waals surface area contributed by atoms with Crippen molar-refractivity contribution in [2.75, 3.05) is 53.0 Å². The number of nitrogens with zero attached hydrogens (tertiary/aromatic N) is 3. The number of hydrogen-bond donors (Lipinski definition) is 2. The van der Waals surface area contributed by atoms with Crippen molar-refractivity contribution in [2.24, 2.45) is 4.99 Å². The average Bonchev–Trinajstić information content (AvgIpc) is 3.21. The molecule has 2 aliphatic rings. The summed E-state index contributed by atoms with van der Waals surface area (Å²) in [5, 5.41) is 6.30. The first-order valence-corrected chi connectivity index (χ1v) is 9.84. The quantitative estimate of drug-likeness (QED) is 0.567. The van der Waals surface area contributed by atoms with Gasteiger partial charge in [0.15, 0.2) is 5.96 Å². The van der Waals surface area contributed by atoms with Gasteiger partial charge in [0.05, 0.1) is 13.2 Å². The van der Waals surface area contributed by atoms with Crippen molar-refractivity contribution in [3.8, 4) is 0 Å². The normalized spacial score (nSPS) is 21.3. The summed E-state index contributed by atoms with van der Waals surface area (Å²) in [6, 6.07) is 10.5. The lowest BCUT2D eigenvalue weighted by molar-refractivity contribution is -0.121. The Bertz CT molecular complexity index is 616. The topological polar surface area (TPSA) is 69.2 Å². The van der Waals surface area contributed by atoms with Crippen molar-refractivity contribution in [3.63, 3.8) is 0 Å². The van der Waals surface area contributed by atoms with Crippen LogP contribution in [0.15, 0.2) is 35.3 Å². The van der Waals surface area contributed by atoms with Gasteiger partial charge in [-0.2, -0.15) is 0 Å². The molecule has 2 fully saturated rings. The lowest BCUT2D eigenvalue weighted by Gasteiger charge is -2.32. The Balaban J connectivity index is 1.36. The molecule has 1 aromatic carbocycles. The fourth-order valence-corrected chi connectivity index (χ4v) is 3.68. The number of likely N-dealkylation sites (tertiary alicyclic amines) is 1. The van der Waals surface area contributed by atoms with Crippen molar-refractivity contribution in [2.45, 2.75) is 25.4 Å². The molecule has 1 unspecified atom stereocenters. The molecule has 7 nitrogen and oxygen atoms in total. The maximum Gasteiger partial charge on any atom is 0.222 e. The van der Waals surface area contributed by atoms with E-state index in [1.54, 1.807) is 7.05 Å². The third-order valence-corrected chi connectivity index (χ3v) is 5.20. The third kappa shape index (κ3) is 5.94. The molecule has 1 atom stereocenters. The number of nitrogens with one attached hydrogen (secondary N) is 2. The predicted octanol–water partition coefficient (Wildman–Crippen LogP) is 0.675. The Morgan fingerprint density at radius 1 is 1.19 bits per heavy atom. The molecule has 2 N–H and O–H groups in total. The highest BCUT2D eigenvalue weighted by Crippen LogP contribution is 2.17. The lowest BCUT2D eigenvalue weighted by Crippen LogP contribution is -2.47. The Labute approximate surface area is 161 Å². The molecule has 0 saturated carbocycles. The van der Waals surface area contributed by atoms with E-state index in [2.05, 4.69) is 25.4 Å². The van der Waals surface area contributed by atoms with Gasteiger partial charge >= 0.3 is 0 Å². The van der Waals surface area contributed by atoms with Gasteiger partial charge < -0.3 is 20.3 Å². The zero-order chi connectivity index (χ0) is 18.9.